The molecule has 0 spiro atoms. The lowest BCUT2D eigenvalue weighted by Gasteiger charge is -2.24. The van der Waals surface area contributed by atoms with Crippen LogP contribution in [0.3, 0.4) is 0 Å². The lowest BCUT2D eigenvalue weighted by Crippen LogP contribution is -2.39. The van der Waals surface area contributed by atoms with Crippen LogP contribution < -0.4 is 14.9 Å². The molecule has 0 bridgehead atoms. The number of hydrogen-bond acceptors (Lipinski definition) is 7. The van der Waals surface area contributed by atoms with E-state index in [0.29, 0.717) is 20.6 Å². The summed E-state index contributed by atoms with van der Waals surface area (Å²) < 4.78 is 9.14. The second-order valence-corrected chi connectivity index (χ2v) is 12.7. The van der Waals surface area contributed by atoms with Crippen LogP contribution in [0, 0.1) is 20.8 Å². The maximum absolute atomic E-state index is 14.3. The standard InChI is InChI=1S/C35H32N4O3S2/c1-20-16-21(2)29(22(3)17-20)31-25(19-38(37-31)26-10-8-7-9-11-26)18-28-33(40)39-32(24-12-14-27(43-6)15-13-24)30(34(41)42-5)23(4)36-35(39)44-28/h7-19,32H,1-6H3. The van der Waals surface area contributed by atoms with Crippen molar-refractivity contribution in [2.24, 2.45) is 4.99 Å². The van der Waals surface area contributed by atoms with Gasteiger partial charge in [-0.2, -0.15) is 5.10 Å². The van der Waals surface area contributed by atoms with Crippen molar-refractivity contribution >= 4 is 35.1 Å². The molecular weight excluding hydrogens is 589 g/mol. The smallest absolute Gasteiger partial charge is 0.338 e. The van der Waals surface area contributed by atoms with E-state index in [1.807, 2.05) is 77.8 Å². The van der Waals surface area contributed by atoms with Gasteiger partial charge < -0.3 is 4.74 Å². The first-order valence-corrected chi connectivity index (χ1v) is 16.2. The van der Waals surface area contributed by atoms with Crippen LogP contribution >= 0.6 is 23.1 Å². The molecule has 7 nitrogen and oxygen atoms in total. The van der Waals surface area contributed by atoms with E-state index in [-0.39, 0.29) is 5.56 Å². The summed E-state index contributed by atoms with van der Waals surface area (Å²) in [6.07, 6.45) is 5.87. The molecule has 0 saturated carbocycles. The Bertz CT molecular complexity index is 2100. The van der Waals surface area contributed by atoms with E-state index in [0.717, 1.165) is 44.1 Å². The number of thioether (sulfide) groups is 1. The first kappa shape index (κ1) is 29.6. The van der Waals surface area contributed by atoms with Crippen LogP contribution in [0.15, 0.2) is 98.9 Å². The van der Waals surface area contributed by atoms with E-state index in [2.05, 4.69) is 32.9 Å². The van der Waals surface area contributed by atoms with Gasteiger partial charge in [0.15, 0.2) is 4.80 Å². The molecule has 1 aliphatic rings. The number of para-hydroxylation sites is 1. The van der Waals surface area contributed by atoms with Crippen LogP contribution in [-0.4, -0.2) is 33.7 Å². The number of methoxy groups -OCH3 is 1. The molecule has 1 atom stereocenters. The predicted molar refractivity (Wildman–Crippen MR) is 177 cm³/mol. The first-order valence-electron chi connectivity index (χ1n) is 14.2. The number of aryl methyl sites for hydroxylation is 3. The molecule has 0 saturated heterocycles. The SMILES string of the molecule is COC(=O)C1=C(C)N=c2sc(=Cc3cn(-c4ccccc4)nc3-c3c(C)cc(C)cc3C)c(=O)n2C1c1ccc(SC)cc1. The predicted octanol–water partition coefficient (Wildman–Crippen LogP) is 5.91. The van der Waals surface area contributed by atoms with Gasteiger partial charge in [0.1, 0.15) is 5.69 Å². The highest BCUT2D eigenvalue weighted by molar-refractivity contribution is 7.98. The van der Waals surface area contributed by atoms with E-state index in [1.54, 1.807) is 23.3 Å². The molecule has 1 aliphatic heterocycles. The molecule has 5 aromatic rings. The fourth-order valence-electron chi connectivity index (χ4n) is 5.89. The average molecular weight is 621 g/mol. The van der Waals surface area contributed by atoms with Crippen molar-refractivity contribution in [2.45, 2.75) is 38.6 Å². The number of fused-ring (bicyclic) bond motifs is 1. The second-order valence-electron chi connectivity index (χ2n) is 10.8. The average Bonchev–Trinajstić information content (AvgIpc) is 3.56. The molecule has 0 N–H and O–H groups in total. The molecular formula is C35H32N4O3S2. The molecule has 2 aromatic heterocycles. The van der Waals surface area contributed by atoms with E-state index < -0.39 is 12.0 Å². The molecule has 6 rings (SSSR count). The van der Waals surface area contributed by atoms with Gasteiger partial charge >= 0.3 is 5.97 Å². The van der Waals surface area contributed by atoms with Gasteiger partial charge in [-0.15, -0.1) is 11.8 Å². The molecule has 3 aromatic carbocycles. The van der Waals surface area contributed by atoms with Crippen LogP contribution in [0.25, 0.3) is 23.0 Å². The lowest BCUT2D eigenvalue weighted by molar-refractivity contribution is -0.136. The molecule has 0 amide bonds. The van der Waals surface area contributed by atoms with Crippen molar-refractivity contribution in [2.75, 3.05) is 13.4 Å². The molecule has 44 heavy (non-hydrogen) atoms. The zero-order valence-electron chi connectivity index (χ0n) is 25.4. The quantitative estimate of drug-likeness (QED) is 0.174. The van der Waals surface area contributed by atoms with Gasteiger partial charge in [-0.3, -0.25) is 9.36 Å². The van der Waals surface area contributed by atoms with Crippen LogP contribution in [0.1, 0.15) is 40.8 Å². The highest BCUT2D eigenvalue weighted by atomic mass is 32.2. The largest absolute Gasteiger partial charge is 0.466 e. The van der Waals surface area contributed by atoms with Crippen molar-refractivity contribution in [1.29, 1.82) is 0 Å². The van der Waals surface area contributed by atoms with E-state index in [1.165, 1.54) is 24.0 Å². The summed E-state index contributed by atoms with van der Waals surface area (Å²) in [4.78, 5) is 33.7. The minimum atomic E-state index is -0.662. The minimum Gasteiger partial charge on any atom is -0.466 e. The normalized spacial score (nSPS) is 14.9. The minimum absolute atomic E-state index is 0.225. The Kier molecular flexibility index (Phi) is 8.00. The Morgan fingerprint density at radius 3 is 2.32 bits per heavy atom. The van der Waals surface area contributed by atoms with Crippen LogP contribution in [-0.2, 0) is 9.53 Å². The molecule has 0 fully saturated rings. The number of thiazole rings is 1. The number of carbonyl (C=O) groups is 1. The lowest BCUT2D eigenvalue weighted by atomic mass is 9.95. The van der Waals surface area contributed by atoms with Crippen LogP contribution in [0.5, 0.6) is 0 Å². The van der Waals surface area contributed by atoms with E-state index in [4.69, 9.17) is 14.8 Å². The van der Waals surface area contributed by atoms with Crippen molar-refractivity contribution in [3.05, 3.63) is 132 Å². The fraction of sp³-hybridized carbons (Fsp3) is 0.200. The first-order chi connectivity index (χ1) is 21.2. The summed E-state index contributed by atoms with van der Waals surface area (Å²) in [6.45, 7) is 8.06. The third kappa shape index (κ3) is 5.27. The summed E-state index contributed by atoms with van der Waals surface area (Å²) in [5, 5.41) is 5.03. The maximum Gasteiger partial charge on any atom is 0.338 e. The number of aromatic nitrogens is 3. The summed E-state index contributed by atoms with van der Waals surface area (Å²) >= 11 is 2.94. The van der Waals surface area contributed by atoms with Gasteiger partial charge in [0.25, 0.3) is 5.56 Å². The molecule has 0 radical (unpaired) electrons. The molecule has 222 valence electrons. The highest BCUT2D eigenvalue weighted by Gasteiger charge is 2.33. The third-order valence-corrected chi connectivity index (χ3v) is 9.55. The molecule has 9 heteroatoms. The van der Waals surface area contributed by atoms with Crippen molar-refractivity contribution in [3.8, 4) is 16.9 Å². The molecule has 1 unspecified atom stereocenters. The Hall–Kier alpha value is -4.47. The van der Waals surface area contributed by atoms with Crippen molar-refractivity contribution < 1.29 is 9.53 Å². The van der Waals surface area contributed by atoms with Crippen LogP contribution in [0.4, 0.5) is 0 Å². The maximum atomic E-state index is 14.3. The summed E-state index contributed by atoms with van der Waals surface area (Å²) in [6, 6.07) is 21.5. The Morgan fingerprint density at radius 2 is 1.68 bits per heavy atom. The number of hydrogen-bond donors (Lipinski definition) is 0. The Balaban J connectivity index is 1.59. The summed E-state index contributed by atoms with van der Waals surface area (Å²) in [5.41, 5.74) is 8.47. The zero-order chi connectivity index (χ0) is 31.1. The van der Waals surface area contributed by atoms with E-state index >= 15 is 0 Å². The topological polar surface area (TPSA) is 78.5 Å². The molecule has 3 heterocycles. The van der Waals surface area contributed by atoms with E-state index in [9.17, 15) is 9.59 Å². The van der Waals surface area contributed by atoms with Crippen LogP contribution in [0.2, 0.25) is 0 Å². The summed E-state index contributed by atoms with van der Waals surface area (Å²) in [5.74, 6) is -0.504. The second kappa shape index (κ2) is 11.9. The summed E-state index contributed by atoms with van der Waals surface area (Å²) in [7, 11) is 1.35. The van der Waals surface area contributed by atoms with Gasteiger partial charge in [0, 0.05) is 22.2 Å². The van der Waals surface area contributed by atoms with Gasteiger partial charge in [-0.05, 0) is 81.0 Å². The number of nitrogens with zero attached hydrogens (tertiary/aromatic N) is 4. The van der Waals surface area contributed by atoms with Gasteiger partial charge in [0.2, 0.25) is 0 Å². The zero-order valence-corrected chi connectivity index (χ0v) is 27.0. The Morgan fingerprint density at radius 1 is 1.00 bits per heavy atom. The van der Waals surface area contributed by atoms with Crippen molar-refractivity contribution in [1.82, 2.24) is 14.3 Å². The van der Waals surface area contributed by atoms with Gasteiger partial charge in [0.05, 0.1) is 34.6 Å². The van der Waals surface area contributed by atoms with Crippen molar-refractivity contribution in [3.63, 3.8) is 0 Å². The number of benzene rings is 3. The number of carbonyl (C=O) groups excluding carboxylic acids is 1. The fourth-order valence-corrected chi connectivity index (χ4v) is 7.33. The van der Waals surface area contributed by atoms with Gasteiger partial charge in [-0.1, -0.05) is 59.4 Å². The Labute approximate surface area is 263 Å². The highest BCUT2D eigenvalue weighted by Crippen LogP contribution is 2.33. The monoisotopic (exact) mass is 620 g/mol. The molecule has 0 aliphatic carbocycles. The third-order valence-electron chi connectivity index (χ3n) is 7.82. The number of allylic oxidation sites excluding steroid dienone is 1. The van der Waals surface area contributed by atoms with Gasteiger partial charge in [-0.25, -0.2) is 14.5 Å². The number of ether oxygens (including phenoxy) is 1. The number of esters is 1. The number of rotatable bonds is 6.